The van der Waals surface area contributed by atoms with Crippen molar-refractivity contribution in [2.24, 2.45) is 0 Å². The third kappa shape index (κ3) is 3.10. The summed E-state index contributed by atoms with van der Waals surface area (Å²) in [6, 6.07) is 3.70. The average Bonchev–Trinajstić information content (AvgIpc) is 3.23. The molecule has 1 aliphatic carbocycles. The number of aryl methyl sites for hydroxylation is 2. The van der Waals surface area contributed by atoms with Gasteiger partial charge in [-0.3, -0.25) is 4.79 Å². The van der Waals surface area contributed by atoms with Gasteiger partial charge in [-0.2, -0.15) is 10.2 Å². The Hall–Kier alpha value is -3.03. The summed E-state index contributed by atoms with van der Waals surface area (Å²) in [7, 11) is 0. The summed E-state index contributed by atoms with van der Waals surface area (Å²) in [4.78, 5) is 21.3. The zero-order valence-electron chi connectivity index (χ0n) is 15.0. The molecular formula is C18H20N6O2. The van der Waals surface area contributed by atoms with Gasteiger partial charge in [0.15, 0.2) is 0 Å². The SMILES string of the molecule is Cc1ccc(CNC(=O)c2c(C)oc3ncnc(NC4(C)CC4)c23)nn1. The highest BCUT2D eigenvalue weighted by Crippen LogP contribution is 2.40. The Morgan fingerprint density at radius 2 is 2.04 bits per heavy atom. The van der Waals surface area contributed by atoms with Crippen molar-refractivity contribution in [3.05, 3.63) is 41.2 Å². The molecule has 3 heterocycles. The maximum Gasteiger partial charge on any atom is 0.255 e. The highest BCUT2D eigenvalue weighted by molar-refractivity contribution is 6.10. The van der Waals surface area contributed by atoms with Gasteiger partial charge in [0.2, 0.25) is 5.71 Å². The van der Waals surface area contributed by atoms with Crippen molar-refractivity contribution in [1.82, 2.24) is 25.5 Å². The number of anilines is 1. The van der Waals surface area contributed by atoms with Crippen LogP contribution in [0.4, 0.5) is 5.82 Å². The van der Waals surface area contributed by atoms with E-state index in [1.807, 2.05) is 19.1 Å². The van der Waals surface area contributed by atoms with Crippen molar-refractivity contribution >= 4 is 22.8 Å². The molecule has 1 amide bonds. The molecule has 1 aliphatic rings. The van der Waals surface area contributed by atoms with E-state index in [2.05, 4.69) is 37.7 Å². The molecule has 2 N–H and O–H groups in total. The van der Waals surface area contributed by atoms with Crippen LogP contribution in [0.25, 0.3) is 11.1 Å². The van der Waals surface area contributed by atoms with Crippen LogP contribution in [-0.2, 0) is 6.54 Å². The normalized spacial score (nSPS) is 15.0. The molecule has 0 aromatic carbocycles. The Morgan fingerprint density at radius 3 is 2.73 bits per heavy atom. The minimum atomic E-state index is -0.248. The van der Waals surface area contributed by atoms with Gasteiger partial charge >= 0.3 is 0 Å². The molecule has 0 bridgehead atoms. The monoisotopic (exact) mass is 352 g/mol. The van der Waals surface area contributed by atoms with Crippen LogP contribution in [0.5, 0.6) is 0 Å². The van der Waals surface area contributed by atoms with Crippen molar-refractivity contribution in [1.29, 1.82) is 0 Å². The van der Waals surface area contributed by atoms with Gasteiger partial charge in [0.25, 0.3) is 5.91 Å². The van der Waals surface area contributed by atoms with Crippen molar-refractivity contribution in [2.45, 2.75) is 45.7 Å². The smallest absolute Gasteiger partial charge is 0.255 e. The Labute approximate surface area is 150 Å². The number of nitrogens with one attached hydrogen (secondary N) is 2. The molecule has 8 heteroatoms. The van der Waals surface area contributed by atoms with Crippen LogP contribution in [0.3, 0.4) is 0 Å². The third-order valence-corrected chi connectivity index (χ3v) is 4.59. The van der Waals surface area contributed by atoms with Crippen LogP contribution in [-0.4, -0.2) is 31.6 Å². The Morgan fingerprint density at radius 1 is 1.23 bits per heavy atom. The first-order valence-corrected chi connectivity index (χ1v) is 8.55. The number of carbonyl (C=O) groups excluding carboxylic acids is 1. The first-order chi connectivity index (χ1) is 12.5. The van der Waals surface area contributed by atoms with Gasteiger partial charge in [0.05, 0.1) is 28.9 Å². The van der Waals surface area contributed by atoms with Gasteiger partial charge in [-0.1, -0.05) is 0 Å². The highest BCUT2D eigenvalue weighted by Gasteiger charge is 2.38. The second-order valence-electron chi connectivity index (χ2n) is 6.97. The molecule has 0 unspecified atom stereocenters. The fourth-order valence-corrected chi connectivity index (χ4v) is 2.79. The predicted octanol–water partition coefficient (Wildman–Crippen LogP) is 2.52. The van der Waals surface area contributed by atoms with Gasteiger partial charge in [0, 0.05) is 5.54 Å². The van der Waals surface area contributed by atoms with Crippen molar-refractivity contribution in [3.63, 3.8) is 0 Å². The van der Waals surface area contributed by atoms with E-state index in [-0.39, 0.29) is 18.0 Å². The van der Waals surface area contributed by atoms with E-state index in [4.69, 9.17) is 4.42 Å². The number of aromatic nitrogens is 4. The summed E-state index contributed by atoms with van der Waals surface area (Å²) >= 11 is 0. The van der Waals surface area contributed by atoms with Crippen LogP contribution in [0.1, 0.15) is 47.3 Å². The molecule has 1 fully saturated rings. The number of carbonyl (C=O) groups is 1. The molecule has 3 aromatic rings. The molecule has 4 rings (SSSR count). The Bertz CT molecular complexity index is 975. The van der Waals surface area contributed by atoms with Gasteiger partial charge in [-0.15, -0.1) is 0 Å². The topological polar surface area (TPSA) is 106 Å². The molecule has 0 saturated heterocycles. The summed E-state index contributed by atoms with van der Waals surface area (Å²) in [5.41, 5.74) is 2.40. The van der Waals surface area contributed by atoms with Gasteiger partial charge in [-0.05, 0) is 45.7 Å². The van der Waals surface area contributed by atoms with Gasteiger partial charge < -0.3 is 15.1 Å². The molecule has 0 atom stereocenters. The zero-order chi connectivity index (χ0) is 18.3. The van der Waals surface area contributed by atoms with Crippen LogP contribution in [0, 0.1) is 13.8 Å². The maximum atomic E-state index is 12.8. The van der Waals surface area contributed by atoms with E-state index >= 15 is 0 Å². The van der Waals surface area contributed by atoms with Crippen molar-refractivity contribution in [2.75, 3.05) is 5.32 Å². The van der Waals surface area contributed by atoms with Crippen molar-refractivity contribution < 1.29 is 9.21 Å². The van der Waals surface area contributed by atoms with Crippen LogP contribution in [0.2, 0.25) is 0 Å². The number of fused-ring (bicyclic) bond motifs is 1. The summed E-state index contributed by atoms with van der Waals surface area (Å²) in [5, 5.41) is 15.0. The second-order valence-corrected chi connectivity index (χ2v) is 6.97. The lowest BCUT2D eigenvalue weighted by Crippen LogP contribution is -2.24. The molecule has 0 radical (unpaired) electrons. The summed E-state index contributed by atoms with van der Waals surface area (Å²) in [6.07, 6.45) is 3.59. The lowest BCUT2D eigenvalue weighted by atomic mass is 10.1. The minimum Gasteiger partial charge on any atom is -0.442 e. The predicted molar refractivity (Wildman–Crippen MR) is 95.7 cm³/mol. The standard InChI is InChI=1S/C18H20N6O2/c1-10-4-5-12(24-23-10)8-19-16(25)13-11(2)26-17-14(13)15(20-9-21-17)22-18(3)6-7-18/h4-5,9H,6-8H2,1-3H3,(H,19,25)(H,20,21,22). The van der Waals surface area contributed by atoms with Crippen LogP contribution in [0.15, 0.2) is 22.9 Å². The van der Waals surface area contributed by atoms with E-state index in [1.54, 1.807) is 6.92 Å². The molecule has 0 aliphatic heterocycles. The summed E-state index contributed by atoms with van der Waals surface area (Å²) < 4.78 is 5.68. The van der Waals surface area contributed by atoms with E-state index in [1.165, 1.54) is 6.33 Å². The molecule has 0 spiro atoms. The van der Waals surface area contributed by atoms with E-state index < -0.39 is 0 Å². The summed E-state index contributed by atoms with van der Waals surface area (Å²) in [6.45, 7) is 6.03. The molecule has 1 saturated carbocycles. The number of hydrogen-bond donors (Lipinski definition) is 2. The molecule has 3 aromatic heterocycles. The number of hydrogen-bond acceptors (Lipinski definition) is 7. The first-order valence-electron chi connectivity index (χ1n) is 8.55. The number of rotatable bonds is 5. The fraction of sp³-hybridized carbons (Fsp3) is 0.389. The lowest BCUT2D eigenvalue weighted by Gasteiger charge is -2.13. The number of furan rings is 1. The molecule has 8 nitrogen and oxygen atoms in total. The molecule has 134 valence electrons. The van der Waals surface area contributed by atoms with E-state index in [0.717, 1.165) is 18.5 Å². The minimum absolute atomic E-state index is 0.0255. The van der Waals surface area contributed by atoms with Gasteiger partial charge in [0.1, 0.15) is 17.9 Å². The van der Waals surface area contributed by atoms with Crippen LogP contribution < -0.4 is 10.6 Å². The third-order valence-electron chi connectivity index (χ3n) is 4.59. The largest absolute Gasteiger partial charge is 0.442 e. The highest BCUT2D eigenvalue weighted by atomic mass is 16.3. The molecule has 26 heavy (non-hydrogen) atoms. The lowest BCUT2D eigenvalue weighted by molar-refractivity contribution is 0.0950. The Balaban J connectivity index is 1.63. The fourth-order valence-electron chi connectivity index (χ4n) is 2.79. The van der Waals surface area contributed by atoms with Crippen molar-refractivity contribution in [3.8, 4) is 0 Å². The number of nitrogens with zero attached hydrogens (tertiary/aromatic N) is 4. The quantitative estimate of drug-likeness (QED) is 0.727. The number of amides is 1. The van der Waals surface area contributed by atoms with Gasteiger partial charge in [-0.25, -0.2) is 9.97 Å². The maximum absolute atomic E-state index is 12.8. The first kappa shape index (κ1) is 16.4. The zero-order valence-corrected chi connectivity index (χ0v) is 15.0. The summed E-state index contributed by atoms with van der Waals surface area (Å²) in [5.74, 6) is 0.895. The molecular weight excluding hydrogens is 332 g/mol. The average molecular weight is 352 g/mol. The second kappa shape index (κ2) is 6.05. The van der Waals surface area contributed by atoms with E-state index in [0.29, 0.717) is 33.9 Å². The van der Waals surface area contributed by atoms with E-state index in [9.17, 15) is 4.79 Å². The Kier molecular flexibility index (Phi) is 3.82. The van der Waals surface area contributed by atoms with Crippen LogP contribution >= 0.6 is 0 Å².